The molecule has 0 aromatic heterocycles. The average molecular weight is 645 g/mol. The maximum absolute atomic E-state index is 13.9. The number of fused-ring (bicyclic) bond motifs is 5. The number of benzene rings is 2. The maximum atomic E-state index is 13.9. The van der Waals surface area contributed by atoms with Gasteiger partial charge in [-0.15, -0.1) is 0 Å². The van der Waals surface area contributed by atoms with Crippen molar-refractivity contribution in [2.75, 3.05) is 19.8 Å². The van der Waals surface area contributed by atoms with Gasteiger partial charge in [0.25, 0.3) is 0 Å². The Morgan fingerprint density at radius 1 is 1.07 bits per heavy atom. The molecule has 2 bridgehead atoms. The molecule has 4 fully saturated rings. The molecule has 5 aliphatic rings. The summed E-state index contributed by atoms with van der Waals surface area (Å²) in [5, 5.41) is 13.6. The molecule has 1 spiro atoms. The van der Waals surface area contributed by atoms with Crippen LogP contribution in [0, 0.1) is 5.41 Å². The third-order valence-electron chi connectivity index (χ3n) is 9.22. The van der Waals surface area contributed by atoms with Gasteiger partial charge in [-0.3, -0.25) is 14.4 Å². The number of nitrogens with one attached hydrogen (secondary N) is 1. The lowest BCUT2D eigenvalue weighted by Gasteiger charge is -2.48. The van der Waals surface area contributed by atoms with Gasteiger partial charge in [0.05, 0.1) is 13.2 Å². The molecule has 11 nitrogen and oxygen atoms in total. The van der Waals surface area contributed by atoms with E-state index in [9.17, 15) is 32.7 Å². The minimum absolute atomic E-state index is 0.0107. The second-order valence-corrected chi connectivity index (χ2v) is 12.2. The van der Waals surface area contributed by atoms with Crippen molar-refractivity contribution < 1.29 is 56.4 Å². The highest BCUT2D eigenvalue weighted by atomic mass is 19.4. The molecule has 2 aromatic carbocycles. The minimum Gasteiger partial charge on any atom is -0.458 e. The van der Waals surface area contributed by atoms with Crippen molar-refractivity contribution in [1.82, 2.24) is 10.4 Å². The molecule has 1 amide bonds. The number of aliphatic hydroxyl groups excluding tert-OH is 1. The highest BCUT2D eigenvalue weighted by Crippen LogP contribution is 2.58. The molecule has 3 saturated heterocycles. The lowest BCUT2D eigenvalue weighted by molar-refractivity contribution is -0.217. The van der Waals surface area contributed by atoms with Gasteiger partial charge in [0.2, 0.25) is 5.91 Å². The van der Waals surface area contributed by atoms with Crippen LogP contribution in [-0.4, -0.2) is 90.2 Å². The Balaban J connectivity index is 1.13. The summed E-state index contributed by atoms with van der Waals surface area (Å²) in [5.74, 6) is -3.20. The highest BCUT2D eigenvalue weighted by molar-refractivity contribution is 5.93. The van der Waals surface area contributed by atoms with Gasteiger partial charge in [-0.05, 0) is 28.3 Å². The van der Waals surface area contributed by atoms with Crippen molar-refractivity contribution in [2.24, 2.45) is 5.41 Å². The molecule has 6 atom stereocenters. The van der Waals surface area contributed by atoms with Gasteiger partial charge in [0, 0.05) is 31.9 Å². The number of amides is 1. The lowest BCUT2D eigenvalue weighted by atomic mass is 9.62. The molecular weight excluding hydrogens is 613 g/mol. The number of alkyl halides is 3. The molecule has 0 radical (unpaired) electrons. The molecule has 1 saturated carbocycles. The Kier molecular flexibility index (Phi) is 7.67. The summed E-state index contributed by atoms with van der Waals surface area (Å²) in [4.78, 5) is 45.6. The van der Waals surface area contributed by atoms with Crippen LogP contribution in [0.1, 0.15) is 28.7 Å². The summed E-state index contributed by atoms with van der Waals surface area (Å²) < 4.78 is 60.2. The van der Waals surface area contributed by atoms with Crippen molar-refractivity contribution in [2.45, 2.75) is 68.2 Å². The summed E-state index contributed by atoms with van der Waals surface area (Å²) in [6.07, 6.45) is -4.28. The van der Waals surface area contributed by atoms with Crippen molar-refractivity contribution in [1.29, 1.82) is 0 Å². The molecule has 0 unspecified atom stereocenters. The monoisotopic (exact) mass is 644 g/mol. The second kappa shape index (κ2) is 11.5. The fourth-order valence-corrected chi connectivity index (χ4v) is 7.37. The zero-order valence-electron chi connectivity index (χ0n) is 24.4. The van der Waals surface area contributed by atoms with Gasteiger partial charge in [-0.1, -0.05) is 48.5 Å². The predicted octanol–water partition coefficient (Wildman–Crippen LogP) is 1.99. The van der Waals surface area contributed by atoms with Gasteiger partial charge in [-0.25, -0.2) is 4.79 Å². The first-order chi connectivity index (χ1) is 22.0. The van der Waals surface area contributed by atoms with Gasteiger partial charge >= 0.3 is 18.1 Å². The van der Waals surface area contributed by atoms with E-state index in [1.807, 2.05) is 24.3 Å². The number of halogens is 3. The first kappa shape index (κ1) is 30.8. The first-order valence-corrected chi connectivity index (χ1v) is 15.0. The summed E-state index contributed by atoms with van der Waals surface area (Å²) in [5.41, 5.74) is 2.01. The molecule has 3 aliphatic heterocycles. The van der Waals surface area contributed by atoms with Crippen LogP contribution >= 0.6 is 0 Å². The third kappa shape index (κ3) is 5.37. The zero-order chi connectivity index (χ0) is 32.3. The van der Waals surface area contributed by atoms with Crippen LogP contribution in [0.15, 0.2) is 54.6 Å². The van der Waals surface area contributed by atoms with Crippen LogP contribution < -0.4 is 5.32 Å². The van der Waals surface area contributed by atoms with Crippen molar-refractivity contribution in [3.8, 4) is 0 Å². The Labute approximate surface area is 261 Å². The number of hydrogen-bond acceptors (Lipinski definition) is 10. The second-order valence-electron chi connectivity index (χ2n) is 12.2. The molecule has 2 N–H and O–H groups in total. The van der Waals surface area contributed by atoms with E-state index in [2.05, 4.69) is 10.1 Å². The molecule has 2 aromatic rings. The van der Waals surface area contributed by atoms with E-state index in [-0.39, 0.29) is 26.1 Å². The van der Waals surface area contributed by atoms with E-state index in [1.165, 1.54) is 11.1 Å². The lowest BCUT2D eigenvalue weighted by Crippen LogP contribution is -2.69. The standard InChI is InChI=1S/C32H31F3N2O9/c33-32(34,35)17-42-23(39)10-9-18-5-7-19(8-6-18)16-37-26-28(40)43-22-15-31(26,29(41)36-11-12-38)27(46-37)25-24(22)44-30(45-25)13-20-3-1-2-4-21(20)14-30/h1-10,22,24-27,38H,11-17H2,(H,36,41)/t22-,24+,25+,26+,27-,31+/m1/s1. The minimum atomic E-state index is -4.62. The van der Waals surface area contributed by atoms with Crippen LogP contribution in [-0.2, 0) is 57.6 Å². The number of ether oxygens (including phenoxy) is 4. The fourth-order valence-electron chi connectivity index (χ4n) is 7.37. The smallest absolute Gasteiger partial charge is 0.422 e. The number of carbonyl (C=O) groups is 3. The number of carbonyl (C=O) groups excluding carboxylic acids is 3. The normalized spacial score (nSPS) is 30.7. The largest absolute Gasteiger partial charge is 0.458 e. The Morgan fingerprint density at radius 2 is 1.76 bits per heavy atom. The SMILES string of the molecule is O=C(C=Cc1ccc(CN2O[C@@H]3[C@H]4OC5(Cc6ccccc6C5)O[C@H]4[C@H]4C[C@]3(C(=O)NCCO)[C@@H]2C(=O)O4)cc1)OCC(F)(F)F. The summed E-state index contributed by atoms with van der Waals surface area (Å²) in [6, 6.07) is 13.5. The summed E-state index contributed by atoms with van der Waals surface area (Å²) >= 11 is 0. The van der Waals surface area contributed by atoms with E-state index < -0.39 is 72.3 Å². The van der Waals surface area contributed by atoms with E-state index in [0.29, 0.717) is 24.0 Å². The van der Waals surface area contributed by atoms with Crippen LogP contribution in [0.25, 0.3) is 6.08 Å². The number of hydrogen-bond donors (Lipinski definition) is 2. The molecule has 14 heteroatoms. The van der Waals surface area contributed by atoms with Crippen molar-refractivity contribution in [3.63, 3.8) is 0 Å². The van der Waals surface area contributed by atoms with Gasteiger partial charge < -0.3 is 29.4 Å². The number of aliphatic hydroxyl groups is 1. The van der Waals surface area contributed by atoms with E-state index in [1.54, 1.807) is 24.3 Å². The quantitative estimate of drug-likeness (QED) is 0.325. The van der Waals surface area contributed by atoms with Crippen molar-refractivity contribution in [3.05, 3.63) is 76.9 Å². The number of hydroxylamine groups is 2. The van der Waals surface area contributed by atoms with Crippen LogP contribution in [0.5, 0.6) is 0 Å². The predicted molar refractivity (Wildman–Crippen MR) is 150 cm³/mol. The number of nitrogens with zero attached hydrogens (tertiary/aromatic N) is 1. The zero-order valence-corrected chi connectivity index (χ0v) is 24.4. The molecule has 46 heavy (non-hydrogen) atoms. The summed E-state index contributed by atoms with van der Waals surface area (Å²) in [7, 11) is 0. The van der Waals surface area contributed by atoms with Gasteiger partial charge in [0.1, 0.15) is 29.8 Å². The number of esters is 2. The van der Waals surface area contributed by atoms with E-state index in [4.69, 9.17) is 19.0 Å². The number of rotatable bonds is 8. The van der Waals surface area contributed by atoms with Crippen LogP contribution in [0.3, 0.4) is 0 Å². The average Bonchev–Trinajstić information content (AvgIpc) is 3.69. The fraction of sp³-hybridized carbons (Fsp3) is 0.469. The molecule has 7 rings (SSSR count). The Bertz CT molecular complexity index is 1540. The van der Waals surface area contributed by atoms with E-state index in [0.717, 1.165) is 17.2 Å². The molecule has 244 valence electrons. The molecular formula is C32H31F3N2O9. The van der Waals surface area contributed by atoms with Gasteiger partial charge in [0.15, 0.2) is 18.4 Å². The van der Waals surface area contributed by atoms with Crippen LogP contribution in [0.2, 0.25) is 0 Å². The van der Waals surface area contributed by atoms with Gasteiger partial charge in [-0.2, -0.15) is 18.2 Å². The molecule has 2 aliphatic carbocycles. The summed E-state index contributed by atoms with van der Waals surface area (Å²) in [6.45, 7) is -1.90. The Hall–Kier alpha value is -3.82. The first-order valence-electron chi connectivity index (χ1n) is 15.0. The molecule has 3 heterocycles. The Morgan fingerprint density at radius 3 is 2.43 bits per heavy atom. The van der Waals surface area contributed by atoms with Crippen LogP contribution in [0.4, 0.5) is 13.2 Å². The maximum Gasteiger partial charge on any atom is 0.422 e. The topological polar surface area (TPSA) is 133 Å². The van der Waals surface area contributed by atoms with Crippen molar-refractivity contribution >= 4 is 23.9 Å². The van der Waals surface area contributed by atoms with E-state index >= 15 is 0 Å². The highest BCUT2D eigenvalue weighted by Gasteiger charge is 2.76. The third-order valence-corrected chi connectivity index (χ3v) is 9.22.